The van der Waals surface area contributed by atoms with Gasteiger partial charge in [0.25, 0.3) is 11.8 Å². The van der Waals surface area contributed by atoms with Crippen molar-refractivity contribution < 1.29 is 14.0 Å². The monoisotopic (exact) mass is 392 g/mol. The number of carbonyl (C=O) groups excluding carboxylic acids is 2. The molecule has 1 N–H and O–H groups in total. The highest BCUT2D eigenvalue weighted by Crippen LogP contribution is 2.32. The van der Waals surface area contributed by atoms with Crippen LogP contribution in [0.4, 0.5) is 5.69 Å². The predicted molar refractivity (Wildman–Crippen MR) is 107 cm³/mol. The topological polar surface area (TPSA) is 62.6 Å². The number of nitrogens with one attached hydrogen (secondary N) is 1. The molecule has 2 amide bonds. The zero-order valence-corrected chi connectivity index (χ0v) is 15.9. The van der Waals surface area contributed by atoms with Crippen molar-refractivity contribution in [1.29, 1.82) is 0 Å². The Morgan fingerprint density at radius 1 is 0.964 bits per heavy atom. The van der Waals surface area contributed by atoms with Crippen molar-refractivity contribution in [3.8, 4) is 0 Å². The van der Waals surface area contributed by atoms with Crippen LogP contribution in [0.5, 0.6) is 0 Å². The number of rotatable bonds is 5. The van der Waals surface area contributed by atoms with Crippen LogP contribution in [0, 0.1) is 6.92 Å². The van der Waals surface area contributed by atoms with Crippen LogP contribution in [0.25, 0.3) is 5.57 Å². The maximum atomic E-state index is 13.1. The summed E-state index contributed by atoms with van der Waals surface area (Å²) in [6.07, 6.45) is 1.51. The minimum atomic E-state index is -0.396. The van der Waals surface area contributed by atoms with Gasteiger partial charge in [-0.3, -0.25) is 14.5 Å². The lowest BCUT2D eigenvalue weighted by Crippen LogP contribution is -2.31. The van der Waals surface area contributed by atoms with Gasteiger partial charge in [0.1, 0.15) is 11.5 Å². The van der Waals surface area contributed by atoms with Gasteiger partial charge in [-0.15, -0.1) is 0 Å². The third-order valence-corrected chi connectivity index (χ3v) is 4.77. The van der Waals surface area contributed by atoms with Crippen LogP contribution < -0.4 is 5.32 Å². The molecule has 0 spiro atoms. The van der Waals surface area contributed by atoms with E-state index in [1.165, 1.54) is 11.2 Å². The second kappa shape index (κ2) is 7.37. The van der Waals surface area contributed by atoms with E-state index in [0.29, 0.717) is 21.9 Å². The fourth-order valence-electron chi connectivity index (χ4n) is 3.06. The Labute approximate surface area is 167 Å². The average Bonchev–Trinajstić information content (AvgIpc) is 3.28. The van der Waals surface area contributed by atoms with Gasteiger partial charge in [0.05, 0.1) is 18.4 Å². The molecule has 6 heteroatoms. The number of hydrogen-bond acceptors (Lipinski definition) is 4. The number of amides is 2. The van der Waals surface area contributed by atoms with Gasteiger partial charge in [-0.05, 0) is 48.9 Å². The fraction of sp³-hybridized carbons (Fsp3) is 0.0909. The predicted octanol–water partition coefficient (Wildman–Crippen LogP) is 4.63. The van der Waals surface area contributed by atoms with Gasteiger partial charge in [-0.1, -0.05) is 41.4 Å². The molecule has 0 aliphatic carbocycles. The Bertz CT molecular complexity index is 1050. The smallest absolute Gasteiger partial charge is 0.278 e. The van der Waals surface area contributed by atoms with E-state index in [1.807, 2.05) is 31.2 Å². The number of carbonyl (C=O) groups is 2. The molecular formula is C22H17ClN2O3. The molecule has 140 valence electrons. The van der Waals surface area contributed by atoms with E-state index in [2.05, 4.69) is 5.32 Å². The highest BCUT2D eigenvalue weighted by Gasteiger charge is 2.39. The summed E-state index contributed by atoms with van der Waals surface area (Å²) in [5.74, 6) is -0.237. The van der Waals surface area contributed by atoms with Crippen LogP contribution in [0.1, 0.15) is 16.9 Å². The van der Waals surface area contributed by atoms with E-state index < -0.39 is 5.91 Å². The highest BCUT2D eigenvalue weighted by molar-refractivity contribution is 6.36. The van der Waals surface area contributed by atoms with Gasteiger partial charge in [0.2, 0.25) is 0 Å². The molecule has 0 bridgehead atoms. The van der Waals surface area contributed by atoms with E-state index in [4.69, 9.17) is 16.0 Å². The first-order valence-corrected chi connectivity index (χ1v) is 9.13. The maximum Gasteiger partial charge on any atom is 0.278 e. The van der Waals surface area contributed by atoms with E-state index in [-0.39, 0.29) is 18.1 Å². The Morgan fingerprint density at radius 2 is 1.68 bits per heavy atom. The van der Waals surface area contributed by atoms with Crippen LogP contribution in [0.15, 0.2) is 77.0 Å². The highest BCUT2D eigenvalue weighted by atomic mass is 35.5. The lowest BCUT2D eigenvalue weighted by atomic mass is 10.0. The molecule has 1 aliphatic heterocycles. The minimum Gasteiger partial charge on any atom is -0.467 e. The molecule has 2 aromatic carbocycles. The summed E-state index contributed by atoms with van der Waals surface area (Å²) in [5.41, 5.74) is 3.01. The number of furan rings is 1. The summed E-state index contributed by atoms with van der Waals surface area (Å²) in [6, 6.07) is 17.9. The van der Waals surface area contributed by atoms with Crippen molar-refractivity contribution in [3.05, 3.63) is 94.5 Å². The second-order valence-electron chi connectivity index (χ2n) is 6.52. The summed E-state index contributed by atoms with van der Waals surface area (Å²) >= 11 is 5.98. The Hall–Kier alpha value is -3.31. The fourth-order valence-corrected chi connectivity index (χ4v) is 3.19. The van der Waals surface area contributed by atoms with Crippen LogP contribution in [-0.2, 0) is 16.1 Å². The van der Waals surface area contributed by atoms with E-state index in [0.717, 1.165) is 11.3 Å². The summed E-state index contributed by atoms with van der Waals surface area (Å²) in [6.45, 7) is 2.05. The number of imide groups is 1. The number of halogens is 1. The number of hydrogen-bond donors (Lipinski definition) is 1. The molecule has 0 fully saturated rings. The lowest BCUT2D eigenvalue weighted by Gasteiger charge is -2.13. The Morgan fingerprint density at radius 3 is 2.32 bits per heavy atom. The Balaban J connectivity index is 1.74. The normalized spacial score (nSPS) is 14.1. The zero-order chi connectivity index (χ0) is 19.7. The SMILES string of the molecule is Cc1ccc(NC2=C(c3ccc(Cl)cc3)C(=O)N(Cc3ccco3)C2=O)cc1. The molecule has 28 heavy (non-hydrogen) atoms. The molecular weight excluding hydrogens is 376 g/mol. The first kappa shape index (κ1) is 18.1. The van der Waals surface area contributed by atoms with Gasteiger partial charge < -0.3 is 9.73 Å². The molecule has 4 rings (SSSR count). The Kier molecular flexibility index (Phi) is 4.75. The van der Waals surface area contributed by atoms with Gasteiger partial charge in [-0.2, -0.15) is 0 Å². The van der Waals surface area contributed by atoms with E-state index in [9.17, 15) is 9.59 Å². The van der Waals surface area contributed by atoms with Gasteiger partial charge in [-0.25, -0.2) is 0 Å². The molecule has 5 nitrogen and oxygen atoms in total. The molecule has 3 aromatic rings. The quantitative estimate of drug-likeness (QED) is 0.643. The summed E-state index contributed by atoms with van der Waals surface area (Å²) in [5, 5.41) is 3.68. The van der Waals surface area contributed by atoms with Crippen LogP contribution in [0.3, 0.4) is 0 Å². The van der Waals surface area contributed by atoms with Crippen LogP contribution in [0.2, 0.25) is 5.02 Å². The minimum absolute atomic E-state index is 0.0703. The first-order chi connectivity index (χ1) is 13.5. The summed E-state index contributed by atoms with van der Waals surface area (Å²) in [7, 11) is 0. The number of anilines is 1. The van der Waals surface area contributed by atoms with Crippen molar-refractivity contribution in [2.45, 2.75) is 13.5 Å². The van der Waals surface area contributed by atoms with Crippen molar-refractivity contribution >= 4 is 34.7 Å². The summed E-state index contributed by atoms with van der Waals surface area (Å²) in [4.78, 5) is 27.4. The van der Waals surface area contributed by atoms with Crippen molar-refractivity contribution in [2.75, 3.05) is 5.32 Å². The van der Waals surface area contributed by atoms with E-state index in [1.54, 1.807) is 36.4 Å². The zero-order valence-electron chi connectivity index (χ0n) is 15.1. The second-order valence-corrected chi connectivity index (χ2v) is 6.96. The van der Waals surface area contributed by atoms with Crippen molar-refractivity contribution in [1.82, 2.24) is 4.90 Å². The largest absolute Gasteiger partial charge is 0.467 e. The van der Waals surface area contributed by atoms with Crippen molar-refractivity contribution in [2.24, 2.45) is 0 Å². The van der Waals surface area contributed by atoms with Crippen LogP contribution in [-0.4, -0.2) is 16.7 Å². The molecule has 0 atom stereocenters. The number of nitrogens with zero attached hydrogens (tertiary/aromatic N) is 1. The third-order valence-electron chi connectivity index (χ3n) is 4.52. The van der Waals surface area contributed by atoms with Crippen LogP contribution >= 0.6 is 11.6 Å². The molecule has 0 radical (unpaired) electrons. The number of benzene rings is 2. The van der Waals surface area contributed by atoms with Gasteiger partial charge in [0.15, 0.2) is 0 Å². The maximum absolute atomic E-state index is 13.1. The summed E-state index contributed by atoms with van der Waals surface area (Å²) < 4.78 is 5.31. The van der Waals surface area contributed by atoms with Crippen molar-refractivity contribution in [3.63, 3.8) is 0 Å². The van der Waals surface area contributed by atoms with Gasteiger partial charge >= 0.3 is 0 Å². The van der Waals surface area contributed by atoms with Gasteiger partial charge in [0, 0.05) is 10.7 Å². The molecule has 1 aliphatic rings. The average molecular weight is 393 g/mol. The molecule has 2 heterocycles. The van der Waals surface area contributed by atoms with E-state index >= 15 is 0 Å². The lowest BCUT2D eigenvalue weighted by molar-refractivity contribution is -0.137. The standard InChI is InChI=1S/C22H17ClN2O3/c1-14-4-10-17(11-5-14)24-20-19(15-6-8-16(23)9-7-15)21(26)25(22(20)27)13-18-3-2-12-28-18/h2-12,24H,13H2,1H3. The number of aryl methyl sites for hydroxylation is 1. The third kappa shape index (κ3) is 3.44. The molecule has 0 saturated heterocycles. The first-order valence-electron chi connectivity index (χ1n) is 8.75. The molecule has 0 unspecified atom stereocenters. The molecule has 1 aromatic heterocycles. The molecule has 0 saturated carbocycles.